The molecule has 37 heavy (non-hydrogen) atoms. The van der Waals surface area contributed by atoms with Gasteiger partial charge in [-0.1, -0.05) is 36.3 Å². The van der Waals surface area contributed by atoms with E-state index >= 15 is 0 Å². The Morgan fingerprint density at radius 3 is 2.57 bits per heavy atom. The molecule has 1 fully saturated rings. The van der Waals surface area contributed by atoms with E-state index in [4.69, 9.17) is 0 Å². The molecule has 1 saturated carbocycles. The summed E-state index contributed by atoms with van der Waals surface area (Å²) in [5.41, 5.74) is 1.89. The van der Waals surface area contributed by atoms with E-state index < -0.39 is 11.9 Å². The van der Waals surface area contributed by atoms with Gasteiger partial charge in [0.05, 0.1) is 5.69 Å². The summed E-state index contributed by atoms with van der Waals surface area (Å²) >= 11 is 0. The number of benzene rings is 2. The molecule has 2 aromatic heterocycles. The number of ether oxygens (including phenoxy) is 1. The summed E-state index contributed by atoms with van der Waals surface area (Å²) < 4.78 is 45.2. The molecule has 0 amide bonds. The van der Waals surface area contributed by atoms with E-state index in [1.165, 1.54) is 29.1 Å². The summed E-state index contributed by atoms with van der Waals surface area (Å²) in [6, 6.07) is 12.0. The predicted molar refractivity (Wildman–Crippen MR) is 129 cm³/mol. The molecular weight excluding hydrogens is 487 g/mol. The molecule has 0 atom stereocenters. The van der Waals surface area contributed by atoms with Crippen LogP contribution in [0.2, 0.25) is 0 Å². The highest BCUT2D eigenvalue weighted by atomic mass is 19.4. The van der Waals surface area contributed by atoms with Gasteiger partial charge in [-0.3, -0.25) is 9.36 Å². The lowest BCUT2D eigenvalue weighted by Gasteiger charge is -2.18. The van der Waals surface area contributed by atoms with Gasteiger partial charge in [0.15, 0.2) is 17.4 Å². The third-order valence-electron chi connectivity index (χ3n) is 6.39. The molecule has 2 aromatic carbocycles. The molecule has 12 heteroatoms. The second-order valence-corrected chi connectivity index (χ2v) is 8.86. The fraction of sp³-hybridized carbons (Fsp3) is 0.320. The summed E-state index contributed by atoms with van der Waals surface area (Å²) in [7, 11) is 0. The maximum atomic E-state index is 13.2. The number of aryl methyl sites for hydroxylation is 2. The van der Waals surface area contributed by atoms with Gasteiger partial charge in [0.2, 0.25) is 0 Å². The Kier molecular flexibility index (Phi) is 6.89. The average Bonchev–Trinajstić information content (AvgIpc) is 3.59. The molecule has 192 valence electrons. The lowest BCUT2D eigenvalue weighted by molar-refractivity contribution is -0.274. The number of aromatic nitrogens is 6. The van der Waals surface area contributed by atoms with Gasteiger partial charge in [0.1, 0.15) is 0 Å². The highest BCUT2D eigenvalue weighted by molar-refractivity contribution is 5.65. The van der Waals surface area contributed by atoms with E-state index in [1.807, 2.05) is 12.1 Å². The van der Waals surface area contributed by atoms with Crippen LogP contribution in [0.4, 0.5) is 24.7 Å². The molecule has 4 aromatic rings. The van der Waals surface area contributed by atoms with Crippen molar-refractivity contribution in [2.45, 2.75) is 50.8 Å². The number of nitrogens with one attached hydrogen (secondary N) is 2. The van der Waals surface area contributed by atoms with E-state index in [1.54, 1.807) is 18.2 Å². The van der Waals surface area contributed by atoms with E-state index in [-0.39, 0.29) is 23.2 Å². The van der Waals surface area contributed by atoms with Gasteiger partial charge >= 0.3 is 6.36 Å². The molecule has 0 unspecified atom stereocenters. The van der Waals surface area contributed by atoms with Crippen LogP contribution in [0.3, 0.4) is 0 Å². The molecule has 0 aliphatic heterocycles. The number of tetrazole rings is 1. The van der Waals surface area contributed by atoms with Gasteiger partial charge in [-0.25, -0.2) is 4.98 Å². The van der Waals surface area contributed by atoms with Crippen molar-refractivity contribution in [2.75, 3.05) is 5.32 Å². The summed E-state index contributed by atoms with van der Waals surface area (Å²) in [5.74, 6) is 0.297. The Hall–Kier alpha value is -4.22. The Labute approximate surface area is 209 Å². The second kappa shape index (κ2) is 10.4. The fourth-order valence-corrected chi connectivity index (χ4v) is 4.56. The van der Waals surface area contributed by atoms with E-state index in [0.717, 1.165) is 36.8 Å². The summed E-state index contributed by atoms with van der Waals surface area (Å²) in [5, 5.41) is 16.5. The van der Waals surface area contributed by atoms with Crippen molar-refractivity contribution in [3.63, 3.8) is 0 Å². The molecule has 5 rings (SSSR count). The smallest absolute Gasteiger partial charge is 0.404 e. The molecular formula is C25H24F3N7O2. The lowest BCUT2D eigenvalue weighted by atomic mass is 9.97. The van der Waals surface area contributed by atoms with Gasteiger partial charge in [-0.05, 0) is 60.6 Å². The van der Waals surface area contributed by atoms with Gasteiger partial charge in [0, 0.05) is 24.5 Å². The molecule has 0 bridgehead atoms. The van der Waals surface area contributed by atoms with Crippen LogP contribution in [0.15, 0.2) is 59.7 Å². The SMILES string of the molecule is O=c1c(Nc2ccc(C3CCCC3)cc2OC(F)(F)F)nccn1-c1ccc(CCc2nn[nH]n2)cc1. The largest absolute Gasteiger partial charge is 0.573 e. The normalized spacial score (nSPS) is 14.1. The third kappa shape index (κ3) is 5.96. The van der Waals surface area contributed by atoms with Crippen molar-refractivity contribution in [1.82, 2.24) is 30.2 Å². The van der Waals surface area contributed by atoms with Gasteiger partial charge in [0.25, 0.3) is 5.56 Å². The molecule has 9 nitrogen and oxygen atoms in total. The number of hydrogen-bond donors (Lipinski definition) is 2. The molecule has 0 spiro atoms. The van der Waals surface area contributed by atoms with Crippen LogP contribution < -0.4 is 15.6 Å². The lowest BCUT2D eigenvalue weighted by Crippen LogP contribution is -2.23. The number of rotatable bonds is 8. The average molecular weight is 512 g/mol. The highest BCUT2D eigenvalue weighted by Crippen LogP contribution is 2.39. The Morgan fingerprint density at radius 1 is 1.08 bits per heavy atom. The monoisotopic (exact) mass is 511 g/mol. The van der Waals surface area contributed by atoms with Crippen LogP contribution in [0.1, 0.15) is 48.6 Å². The first-order valence-corrected chi connectivity index (χ1v) is 11.9. The minimum Gasteiger partial charge on any atom is -0.404 e. The molecule has 0 saturated heterocycles. The van der Waals surface area contributed by atoms with E-state index in [0.29, 0.717) is 24.4 Å². The zero-order valence-electron chi connectivity index (χ0n) is 19.7. The first kappa shape index (κ1) is 24.5. The minimum absolute atomic E-state index is 0.0123. The van der Waals surface area contributed by atoms with Crippen LogP contribution in [0.25, 0.3) is 5.69 Å². The number of alkyl halides is 3. The third-order valence-corrected chi connectivity index (χ3v) is 6.39. The summed E-state index contributed by atoms with van der Waals surface area (Å²) in [6.45, 7) is 0. The van der Waals surface area contributed by atoms with E-state index in [2.05, 4.69) is 35.7 Å². The van der Waals surface area contributed by atoms with Crippen molar-refractivity contribution in [3.05, 3.63) is 82.2 Å². The quantitative estimate of drug-likeness (QED) is 0.349. The Balaban J connectivity index is 1.38. The van der Waals surface area contributed by atoms with Crippen molar-refractivity contribution in [2.24, 2.45) is 0 Å². The first-order chi connectivity index (χ1) is 17.9. The number of H-pyrrole nitrogens is 1. The number of anilines is 2. The Bertz CT molecular complexity index is 1400. The number of hydrogen-bond acceptors (Lipinski definition) is 7. The van der Waals surface area contributed by atoms with Crippen LogP contribution in [-0.2, 0) is 12.8 Å². The second-order valence-electron chi connectivity index (χ2n) is 8.86. The van der Waals surface area contributed by atoms with Crippen molar-refractivity contribution < 1.29 is 17.9 Å². The number of nitrogens with zero attached hydrogens (tertiary/aromatic N) is 5. The van der Waals surface area contributed by atoms with Crippen LogP contribution >= 0.6 is 0 Å². The molecule has 2 N–H and O–H groups in total. The van der Waals surface area contributed by atoms with Crippen molar-refractivity contribution in [1.29, 1.82) is 0 Å². The van der Waals surface area contributed by atoms with Crippen LogP contribution in [0, 0.1) is 0 Å². The van der Waals surface area contributed by atoms with Crippen LogP contribution in [-0.4, -0.2) is 36.5 Å². The summed E-state index contributed by atoms with van der Waals surface area (Å²) in [6.07, 6.45) is 3.29. The highest BCUT2D eigenvalue weighted by Gasteiger charge is 2.33. The molecule has 2 heterocycles. The van der Waals surface area contributed by atoms with Crippen molar-refractivity contribution >= 4 is 11.5 Å². The zero-order chi connectivity index (χ0) is 25.8. The predicted octanol–water partition coefficient (Wildman–Crippen LogP) is 4.83. The minimum atomic E-state index is -4.87. The molecule has 0 radical (unpaired) electrons. The Morgan fingerprint density at radius 2 is 1.86 bits per heavy atom. The first-order valence-electron chi connectivity index (χ1n) is 11.9. The summed E-state index contributed by atoms with van der Waals surface area (Å²) in [4.78, 5) is 17.2. The number of aromatic amines is 1. The topological polar surface area (TPSA) is 111 Å². The zero-order valence-corrected chi connectivity index (χ0v) is 19.7. The van der Waals surface area contributed by atoms with Gasteiger partial charge in [-0.15, -0.1) is 23.4 Å². The maximum absolute atomic E-state index is 13.2. The maximum Gasteiger partial charge on any atom is 0.573 e. The fourth-order valence-electron chi connectivity index (χ4n) is 4.56. The van der Waals surface area contributed by atoms with E-state index in [9.17, 15) is 18.0 Å². The standard InChI is InChI=1S/C25H24F3N7O2/c26-25(27,28)37-21-15-18(17-3-1-2-4-17)8-11-20(21)30-23-24(36)35(14-13-29-23)19-9-5-16(6-10-19)7-12-22-31-33-34-32-22/h5-6,8-11,13-15,17H,1-4,7,12H2,(H,29,30)(H,31,32,33,34). The van der Waals surface area contributed by atoms with Gasteiger partial charge < -0.3 is 10.1 Å². The molecule has 1 aliphatic carbocycles. The molecule has 1 aliphatic rings. The van der Waals surface area contributed by atoms with Crippen LogP contribution in [0.5, 0.6) is 5.75 Å². The van der Waals surface area contributed by atoms with Crippen molar-refractivity contribution in [3.8, 4) is 11.4 Å². The number of halogens is 3. The van der Waals surface area contributed by atoms with Gasteiger partial charge in [-0.2, -0.15) is 5.21 Å².